The summed E-state index contributed by atoms with van der Waals surface area (Å²) in [6.07, 6.45) is 3.20. The number of carboxylic acid groups (broad SMARTS) is 1. The van der Waals surface area contributed by atoms with Crippen LogP contribution < -0.4 is 5.32 Å². The highest BCUT2D eigenvalue weighted by atomic mass is 16.4. The molecule has 1 saturated heterocycles. The summed E-state index contributed by atoms with van der Waals surface area (Å²) < 4.78 is 1.85. The van der Waals surface area contributed by atoms with Crippen LogP contribution in [0.15, 0.2) is 6.33 Å². The van der Waals surface area contributed by atoms with Crippen molar-refractivity contribution >= 4 is 12.0 Å². The fraction of sp³-hybridized carbons (Fsp3) is 0.667. The summed E-state index contributed by atoms with van der Waals surface area (Å²) in [5.41, 5.74) is 0. The third kappa shape index (κ3) is 3.25. The van der Waals surface area contributed by atoms with Crippen LogP contribution in [0.5, 0.6) is 0 Å². The predicted molar refractivity (Wildman–Crippen MR) is 69.9 cm³/mol. The molecule has 0 aliphatic carbocycles. The lowest BCUT2D eigenvalue weighted by Crippen LogP contribution is -2.43. The van der Waals surface area contributed by atoms with E-state index in [-0.39, 0.29) is 18.5 Å². The van der Waals surface area contributed by atoms with E-state index in [1.54, 1.807) is 11.2 Å². The van der Waals surface area contributed by atoms with Crippen LogP contribution in [0.3, 0.4) is 0 Å². The molecule has 0 spiro atoms. The van der Waals surface area contributed by atoms with Crippen LogP contribution in [0.2, 0.25) is 0 Å². The highest BCUT2D eigenvalue weighted by molar-refractivity contribution is 5.76. The topological polar surface area (TPSA) is 100 Å². The van der Waals surface area contributed by atoms with Crippen molar-refractivity contribution < 1.29 is 14.7 Å². The van der Waals surface area contributed by atoms with Gasteiger partial charge in [-0.1, -0.05) is 0 Å². The van der Waals surface area contributed by atoms with E-state index in [0.717, 1.165) is 19.4 Å². The standard InChI is InChI=1S/C12H19N5O3/c1-2-16-8-14-15-10(16)7-13-12(20)17-5-3-4-9(17)6-11(18)19/h8-9H,2-7H2,1H3,(H,13,20)(H,18,19). The van der Waals surface area contributed by atoms with E-state index in [9.17, 15) is 9.59 Å². The van der Waals surface area contributed by atoms with Gasteiger partial charge in [0.05, 0.1) is 13.0 Å². The van der Waals surface area contributed by atoms with Gasteiger partial charge in [0.1, 0.15) is 6.33 Å². The van der Waals surface area contributed by atoms with Gasteiger partial charge in [-0.2, -0.15) is 0 Å². The van der Waals surface area contributed by atoms with Crippen molar-refractivity contribution in [1.82, 2.24) is 25.0 Å². The Morgan fingerprint density at radius 1 is 1.55 bits per heavy atom. The minimum Gasteiger partial charge on any atom is -0.481 e. The lowest BCUT2D eigenvalue weighted by molar-refractivity contribution is -0.137. The number of carboxylic acids is 1. The summed E-state index contributed by atoms with van der Waals surface area (Å²) in [6, 6.07) is -0.448. The molecule has 8 nitrogen and oxygen atoms in total. The average molecular weight is 281 g/mol. The SMILES string of the molecule is CCn1cnnc1CNC(=O)N1CCCC1CC(=O)O. The second-order valence-electron chi connectivity index (χ2n) is 4.78. The van der Waals surface area contributed by atoms with E-state index in [0.29, 0.717) is 18.9 Å². The summed E-state index contributed by atoms with van der Waals surface area (Å²) in [4.78, 5) is 24.5. The van der Waals surface area contributed by atoms with Crippen LogP contribution in [-0.2, 0) is 17.9 Å². The van der Waals surface area contributed by atoms with Gasteiger partial charge in [0, 0.05) is 19.1 Å². The molecule has 1 aromatic heterocycles. The highest BCUT2D eigenvalue weighted by Crippen LogP contribution is 2.20. The van der Waals surface area contributed by atoms with Crippen LogP contribution in [0, 0.1) is 0 Å². The molecule has 2 rings (SSSR count). The predicted octanol–water partition coefficient (Wildman–Crippen LogP) is 0.447. The Kier molecular flexibility index (Phi) is 4.54. The van der Waals surface area contributed by atoms with Crippen LogP contribution >= 0.6 is 0 Å². The maximum atomic E-state index is 12.1. The van der Waals surface area contributed by atoms with Crippen molar-refractivity contribution in [3.8, 4) is 0 Å². The van der Waals surface area contributed by atoms with E-state index in [4.69, 9.17) is 5.11 Å². The number of carbonyl (C=O) groups excluding carboxylic acids is 1. The highest BCUT2D eigenvalue weighted by Gasteiger charge is 2.30. The van der Waals surface area contributed by atoms with Crippen molar-refractivity contribution in [2.45, 2.75) is 45.3 Å². The first-order chi connectivity index (χ1) is 9.61. The van der Waals surface area contributed by atoms with Crippen molar-refractivity contribution in [3.05, 3.63) is 12.2 Å². The Bertz CT molecular complexity index is 487. The van der Waals surface area contributed by atoms with Gasteiger partial charge in [0.15, 0.2) is 5.82 Å². The van der Waals surface area contributed by atoms with Crippen molar-refractivity contribution in [3.63, 3.8) is 0 Å². The summed E-state index contributed by atoms with van der Waals surface area (Å²) in [5, 5.41) is 19.3. The monoisotopic (exact) mass is 281 g/mol. The van der Waals surface area contributed by atoms with Gasteiger partial charge in [-0.3, -0.25) is 4.79 Å². The number of likely N-dealkylation sites (tertiary alicyclic amines) is 1. The number of nitrogens with zero attached hydrogens (tertiary/aromatic N) is 4. The van der Waals surface area contributed by atoms with Crippen LogP contribution in [0.1, 0.15) is 32.0 Å². The lowest BCUT2D eigenvalue weighted by Gasteiger charge is -2.23. The zero-order valence-electron chi connectivity index (χ0n) is 11.4. The van der Waals surface area contributed by atoms with E-state index < -0.39 is 5.97 Å². The Morgan fingerprint density at radius 2 is 2.35 bits per heavy atom. The molecule has 0 radical (unpaired) electrons. The number of urea groups is 1. The molecule has 1 unspecified atom stereocenters. The first-order valence-electron chi connectivity index (χ1n) is 6.74. The number of amides is 2. The second-order valence-corrected chi connectivity index (χ2v) is 4.78. The molecule has 2 heterocycles. The Balaban J connectivity index is 1.89. The molecule has 8 heteroatoms. The minimum atomic E-state index is -0.875. The number of aliphatic carboxylic acids is 1. The van der Waals surface area contributed by atoms with Gasteiger partial charge < -0.3 is 19.9 Å². The summed E-state index contributed by atoms with van der Waals surface area (Å²) in [7, 11) is 0. The van der Waals surface area contributed by atoms with E-state index in [1.165, 1.54) is 0 Å². The second kappa shape index (κ2) is 6.36. The number of hydrogen-bond acceptors (Lipinski definition) is 4. The zero-order chi connectivity index (χ0) is 14.5. The minimum absolute atomic E-state index is 0.00143. The maximum absolute atomic E-state index is 12.1. The van der Waals surface area contributed by atoms with Gasteiger partial charge in [-0.05, 0) is 19.8 Å². The first-order valence-corrected chi connectivity index (χ1v) is 6.74. The van der Waals surface area contributed by atoms with Gasteiger partial charge >= 0.3 is 12.0 Å². The third-order valence-electron chi connectivity index (χ3n) is 3.48. The molecule has 1 aromatic rings. The molecule has 110 valence electrons. The number of aromatic nitrogens is 3. The molecule has 0 bridgehead atoms. The molecule has 0 saturated carbocycles. The van der Waals surface area contributed by atoms with Crippen molar-refractivity contribution in [2.75, 3.05) is 6.54 Å². The van der Waals surface area contributed by atoms with Crippen LogP contribution in [0.25, 0.3) is 0 Å². The van der Waals surface area contributed by atoms with Gasteiger partial charge in [0.2, 0.25) is 0 Å². The fourth-order valence-electron chi connectivity index (χ4n) is 2.45. The number of rotatable bonds is 5. The molecule has 1 aliphatic heterocycles. The smallest absolute Gasteiger partial charge is 0.318 e. The molecule has 0 aromatic carbocycles. The number of aryl methyl sites for hydroxylation is 1. The Morgan fingerprint density at radius 3 is 3.05 bits per heavy atom. The largest absolute Gasteiger partial charge is 0.481 e. The lowest BCUT2D eigenvalue weighted by atomic mass is 10.1. The summed E-state index contributed by atoms with van der Waals surface area (Å²) in [6.45, 7) is 3.61. The molecule has 2 N–H and O–H groups in total. The molecule has 1 atom stereocenters. The average Bonchev–Trinajstić information content (AvgIpc) is 3.03. The maximum Gasteiger partial charge on any atom is 0.318 e. The van der Waals surface area contributed by atoms with E-state index >= 15 is 0 Å². The van der Waals surface area contributed by atoms with E-state index in [1.807, 2.05) is 11.5 Å². The molecule has 1 aliphatic rings. The normalized spacial score (nSPS) is 18.2. The quantitative estimate of drug-likeness (QED) is 0.816. The molecular weight excluding hydrogens is 262 g/mol. The van der Waals surface area contributed by atoms with E-state index in [2.05, 4.69) is 15.5 Å². The third-order valence-corrected chi connectivity index (χ3v) is 3.48. The summed E-state index contributed by atoms with van der Waals surface area (Å²) >= 11 is 0. The molecular formula is C12H19N5O3. The summed E-state index contributed by atoms with van der Waals surface area (Å²) in [5.74, 6) is -0.185. The van der Waals surface area contributed by atoms with Crippen LogP contribution in [0.4, 0.5) is 4.79 Å². The zero-order valence-corrected chi connectivity index (χ0v) is 11.4. The van der Waals surface area contributed by atoms with Gasteiger partial charge in [-0.25, -0.2) is 4.79 Å². The van der Waals surface area contributed by atoms with Crippen LogP contribution in [-0.4, -0.2) is 49.4 Å². The van der Waals surface area contributed by atoms with Gasteiger partial charge in [-0.15, -0.1) is 10.2 Å². The number of carbonyl (C=O) groups is 2. The Hall–Kier alpha value is -2.12. The number of hydrogen-bond donors (Lipinski definition) is 2. The first kappa shape index (κ1) is 14.3. The van der Waals surface area contributed by atoms with Crippen molar-refractivity contribution in [1.29, 1.82) is 0 Å². The molecule has 2 amide bonds. The fourth-order valence-corrected chi connectivity index (χ4v) is 2.45. The van der Waals surface area contributed by atoms with Gasteiger partial charge in [0.25, 0.3) is 0 Å². The van der Waals surface area contributed by atoms with Crippen molar-refractivity contribution in [2.24, 2.45) is 0 Å². The number of nitrogens with one attached hydrogen (secondary N) is 1. The molecule has 1 fully saturated rings. The Labute approximate surface area is 116 Å². The molecule has 20 heavy (non-hydrogen) atoms.